The summed E-state index contributed by atoms with van der Waals surface area (Å²) in [5.74, 6) is 0.184. The number of oxime groups is 1. The lowest BCUT2D eigenvalue weighted by Gasteiger charge is -2.13. The number of benzene rings is 2. The average Bonchev–Trinajstić information content (AvgIpc) is 2.76. The van der Waals surface area contributed by atoms with Crippen LogP contribution in [0.1, 0.15) is 24.5 Å². The minimum absolute atomic E-state index is 0.0713. The van der Waals surface area contributed by atoms with Crippen LogP contribution in [0.3, 0.4) is 0 Å². The first-order valence-corrected chi connectivity index (χ1v) is 9.10. The molecule has 2 rings (SSSR count). The molecule has 2 aromatic carbocycles. The smallest absolute Gasteiger partial charge is 0.377 e. The van der Waals surface area contributed by atoms with Crippen LogP contribution in [0.4, 0.5) is 0 Å². The minimum atomic E-state index is -0.646. The van der Waals surface area contributed by atoms with E-state index in [0.717, 1.165) is 11.1 Å². The highest BCUT2D eigenvalue weighted by Gasteiger charge is 2.15. The maximum atomic E-state index is 11.8. The van der Waals surface area contributed by atoms with E-state index in [1.165, 1.54) is 20.5 Å². The number of methoxy groups -OCH3 is 2. The molecule has 0 saturated carbocycles. The largest absolute Gasteiger partial charge is 0.500 e. The van der Waals surface area contributed by atoms with Crippen molar-refractivity contribution in [2.45, 2.75) is 26.6 Å². The normalized spacial score (nSPS) is 11.6. The van der Waals surface area contributed by atoms with Gasteiger partial charge in [-0.1, -0.05) is 60.6 Å². The molecule has 0 unspecified atom stereocenters. The molecule has 29 heavy (non-hydrogen) atoms. The van der Waals surface area contributed by atoms with Crippen LogP contribution in [0.2, 0.25) is 0 Å². The lowest BCUT2D eigenvalue weighted by Crippen LogP contribution is -2.12. The van der Waals surface area contributed by atoms with E-state index in [9.17, 15) is 4.79 Å². The molecule has 7 heteroatoms. The van der Waals surface area contributed by atoms with Crippen molar-refractivity contribution in [3.05, 3.63) is 77.7 Å². The summed E-state index contributed by atoms with van der Waals surface area (Å²) in [5, 5.41) is 4.06. The molecule has 0 saturated heterocycles. The summed E-state index contributed by atoms with van der Waals surface area (Å²) >= 11 is 0. The molecule has 0 bridgehead atoms. The number of para-hydroxylation sites is 1. The second-order valence-corrected chi connectivity index (χ2v) is 5.81. The van der Waals surface area contributed by atoms with E-state index in [4.69, 9.17) is 23.8 Å². The van der Waals surface area contributed by atoms with E-state index in [2.05, 4.69) is 5.16 Å². The van der Waals surface area contributed by atoms with Gasteiger partial charge in [0.1, 0.15) is 25.2 Å². The molecule has 0 N–H and O–H groups in total. The average molecular weight is 399 g/mol. The molecule has 0 amide bonds. The maximum absolute atomic E-state index is 11.8. The monoisotopic (exact) mass is 399 g/mol. The molecule has 0 aliphatic carbocycles. The third-order valence-corrected chi connectivity index (χ3v) is 3.74. The van der Waals surface area contributed by atoms with Crippen LogP contribution < -0.4 is 4.74 Å². The Morgan fingerprint density at radius 2 is 1.72 bits per heavy atom. The fourth-order valence-corrected chi connectivity index (χ4v) is 2.27. The Hall–Kier alpha value is -3.48. The van der Waals surface area contributed by atoms with Gasteiger partial charge in [-0.3, -0.25) is 0 Å². The van der Waals surface area contributed by atoms with E-state index in [-0.39, 0.29) is 12.4 Å². The highest BCUT2D eigenvalue weighted by Crippen LogP contribution is 2.22. The predicted molar refractivity (Wildman–Crippen MR) is 108 cm³/mol. The van der Waals surface area contributed by atoms with Crippen LogP contribution >= 0.6 is 0 Å². The summed E-state index contributed by atoms with van der Waals surface area (Å²) in [7, 11) is 2.68. The molecule has 0 aliphatic heterocycles. The van der Waals surface area contributed by atoms with Crippen molar-refractivity contribution < 1.29 is 28.6 Å². The summed E-state index contributed by atoms with van der Waals surface area (Å²) in [6, 6.07) is 16.9. The van der Waals surface area contributed by atoms with E-state index < -0.39 is 5.97 Å². The zero-order chi connectivity index (χ0) is 20.9. The standard InChI is InChI=1S/C22H25NO6/c1-4-21(23-28-14-17-10-6-5-7-11-17)27-15-18-12-8-9-13-19(18)29-20(16-25-2)22(24)26-3/h5-13,16H,4,14-15H2,1-3H3. The Bertz CT molecular complexity index is 832. The first kappa shape index (κ1) is 21.8. The number of esters is 1. The molecular weight excluding hydrogens is 374 g/mol. The highest BCUT2D eigenvalue weighted by molar-refractivity contribution is 5.86. The first-order valence-electron chi connectivity index (χ1n) is 9.10. The van der Waals surface area contributed by atoms with Crippen molar-refractivity contribution >= 4 is 11.9 Å². The van der Waals surface area contributed by atoms with Crippen molar-refractivity contribution in [2.75, 3.05) is 14.2 Å². The van der Waals surface area contributed by atoms with Gasteiger partial charge in [-0.25, -0.2) is 4.79 Å². The van der Waals surface area contributed by atoms with Gasteiger partial charge >= 0.3 is 5.97 Å². The third kappa shape index (κ3) is 7.21. The Kier molecular flexibility index (Phi) is 9.08. The van der Waals surface area contributed by atoms with Gasteiger partial charge in [-0.15, -0.1) is 0 Å². The van der Waals surface area contributed by atoms with Crippen molar-refractivity contribution in [1.29, 1.82) is 0 Å². The number of hydrogen-bond donors (Lipinski definition) is 0. The fraction of sp³-hybridized carbons (Fsp3) is 0.273. The number of nitrogens with zero attached hydrogens (tertiary/aromatic N) is 1. The van der Waals surface area contributed by atoms with Gasteiger partial charge in [-0.2, -0.15) is 0 Å². The lowest BCUT2D eigenvalue weighted by atomic mass is 10.2. The van der Waals surface area contributed by atoms with E-state index in [1.807, 2.05) is 49.4 Å². The third-order valence-electron chi connectivity index (χ3n) is 3.74. The molecule has 0 spiro atoms. The zero-order valence-electron chi connectivity index (χ0n) is 16.8. The van der Waals surface area contributed by atoms with E-state index in [0.29, 0.717) is 24.7 Å². The van der Waals surface area contributed by atoms with Gasteiger partial charge in [0.15, 0.2) is 0 Å². The van der Waals surface area contributed by atoms with Crippen LogP contribution in [-0.4, -0.2) is 26.1 Å². The molecular formula is C22H25NO6. The second-order valence-electron chi connectivity index (χ2n) is 5.81. The van der Waals surface area contributed by atoms with E-state index in [1.54, 1.807) is 12.1 Å². The number of rotatable bonds is 10. The predicted octanol–water partition coefficient (Wildman–Crippen LogP) is 4.18. The van der Waals surface area contributed by atoms with E-state index >= 15 is 0 Å². The Morgan fingerprint density at radius 1 is 1.00 bits per heavy atom. The topological polar surface area (TPSA) is 75.6 Å². The van der Waals surface area contributed by atoms with Gasteiger partial charge in [0.2, 0.25) is 11.7 Å². The van der Waals surface area contributed by atoms with Gasteiger partial charge in [0.05, 0.1) is 14.2 Å². The molecule has 0 heterocycles. The molecule has 0 aliphatic rings. The molecule has 0 radical (unpaired) electrons. The maximum Gasteiger partial charge on any atom is 0.377 e. The van der Waals surface area contributed by atoms with Crippen LogP contribution in [-0.2, 0) is 37.1 Å². The number of carbonyl (C=O) groups excluding carboxylic acids is 1. The molecule has 0 fully saturated rings. The molecule has 154 valence electrons. The number of carbonyl (C=O) groups is 1. The Balaban J connectivity index is 2.00. The van der Waals surface area contributed by atoms with Crippen molar-refractivity contribution in [1.82, 2.24) is 0 Å². The van der Waals surface area contributed by atoms with Crippen LogP contribution in [0.15, 0.2) is 71.8 Å². The van der Waals surface area contributed by atoms with Crippen molar-refractivity contribution in [3.8, 4) is 5.75 Å². The highest BCUT2D eigenvalue weighted by atomic mass is 16.6. The Labute approximate surface area is 170 Å². The second kappa shape index (κ2) is 12.1. The summed E-state index contributed by atoms with van der Waals surface area (Å²) in [6.07, 6.45) is 1.74. The number of hydrogen-bond acceptors (Lipinski definition) is 7. The molecule has 2 aromatic rings. The SMILES string of the molecule is CCC(=NOCc1ccccc1)OCc1ccccc1OC(=COC)C(=O)OC. The van der Waals surface area contributed by atoms with Gasteiger partial charge < -0.3 is 23.8 Å². The minimum Gasteiger partial charge on any atom is -0.500 e. The lowest BCUT2D eigenvalue weighted by molar-refractivity contribution is -0.138. The first-order chi connectivity index (χ1) is 14.2. The molecule has 7 nitrogen and oxygen atoms in total. The van der Waals surface area contributed by atoms with Gasteiger partial charge in [0.25, 0.3) is 0 Å². The molecule has 0 aromatic heterocycles. The van der Waals surface area contributed by atoms with Crippen LogP contribution in [0.5, 0.6) is 5.75 Å². The summed E-state index contributed by atoms with van der Waals surface area (Å²) < 4.78 is 21.0. The summed E-state index contributed by atoms with van der Waals surface area (Å²) in [6.45, 7) is 2.47. The van der Waals surface area contributed by atoms with Crippen molar-refractivity contribution in [3.63, 3.8) is 0 Å². The quantitative estimate of drug-likeness (QED) is 0.149. The van der Waals surface area contributed by atoms with Crippen molar-refractivity contribution in [2.24, 2.45) is 5.16 Å². The molecule has 0 atom stereocenters. The summed E-state index contributed by atoms with van der Waals surface area (Å²) in [4.78, 5) is 17.2. The van der Waals surface area contributed by atoms with Crippen LogP contribution in [0.25, 0.3) is 0 Å². The van der Waals surface area contributed by atoms with Gasteiger partial charge in [-0.05, 0) is 11.6 Å². The number of ether oxygens (including phenoxy) is 4. The van der Waals surface area contributed by atoms with Gasteiger partial charge in [0, 0.05) is 12.0 Å². The summed E-state index contributed by atoms with van der Waals surface area (Å²) in [5.41, 5.74) is 1.74. The van der Waals surface area contributed by atoms with Crippen LogP contribution in [0, 0.1) is 0 Å². The fourth-order valence-electron chi connectivity index (χ4n) is 2.27. The zero-order valence-corrected chi connectivity index (χ0v) is 16.8. The Morgan fingerprint density at radius 3 is 2.41 bits per heavy atom.